The van der Waals surface area contributed by atoms with Gasteiger partial charge in [0.15, 0.2) is 0 Å². The first-order chi connectivity index (χ1) is 11.7. The van der Waals surface area contributed by atoms with E-state index in [4.69, 9.17) is 5.73 Å². The summed E-state index contributed by atoms with van der Waals surface area (Å²) in [6.45, 7) is 0.693. The maximum atomic E-state index is 12.3. The lowest BCUT2D eigenvalue weighted by molar-refractivity contribution is -0.124. The van der Waals surface area contributed by atoms with Gasteiger partial charge in [0.1, 0.15) is 0 Å². The lowest BCUT2D eigenvalue weighted by Crippen LogP contribution is -2.31. The van der Waals surface area contributed by atoms with E-state index in [-0.39, 0.29) is 17.9 Å². The normalized spacial score (nSPS) is 20.2. The molecule has 0 saturated heterocycles. The first-order valence-corrected chi connectivity index (χ1v) is 8.87. The van der Waals surface area contributed by atoms with Crippen LogP contribution in [0.2, 0.25) is 0 Å². The van der Waals surface area contributed by atoms with Gasteiger partial charge in [-0.3, -0.25) is 4.79 Å². The van der Waals surface area contributed by atoms with Gasteiger partial charge in [-0.05, 0) is 36.8 Å². The zero-order chi connectivity index (χ0) is 16.8. The van der Waals surface area contributed by atoms with Gasteiger partial charge in [-0.15, -0.1) is 0 Å². The Balaban J connectivity index is 1.62. The molecule has 1 saturated carbocycles. The van der Waals surface area contributed by atoms with E-state index >= 15 is 0 Å². The number of hydrogen-bond donors (Lipinski definition) is 2. The molecule has 3 rings (SSSR count). The zero-order valence-electron chi connectivity index (χ0n) is 14.0. The quantitative estimate of drug-likeness (QED) is 0.856. The van der Waals surface area contributed by atoms with Gasteiger partial charge in [0.05, 0.1) is 0 Å². The molecule has 126 valence electrons. The molecule has 3 N–H and O–H groups in total. The van der Waals surface area contributed by atoms with Crippen LogP contribution in [0.25, 0.3) is 0 Å². The highest BCUT2D eigenvalue weighted by molar-refractivity contribution is 5.79. The van der Waals surface area contributed by atoms with Gasteiger partial charge < -0.3 is 11.1 Å². The van der Waals surface area contributed by atoms with Gasteiger partial charge >= 0.3 is 0 Å². The van der Waals surface area contributed by atoms with E-state index in [2.05, 4.69) is 53.8 Å². The van der Waals surface area contributed by atoms with Gasteiger partial charge in [0, 0.05) is 24.4 Å². The standard InChI is InChI=1S/C21H26N2O/c22-19-12-11-18(15-19)21(24)23-14-13-20(16-7-3-1-4-8-16)17-9-5-2-6-10-17/h1-10,18-20H,11-15,22H2,(H,23,24). The van der Waals surface area contributed by atoms with Gasteiger partial charge in [0.2, 0.25) is 5.91 Å². The summed E-state index contributed by atoms with van der Waals surface area (Å²) in [7, 11) is 0. The highest BCUT2D eigenvalue weighted by Crippen LogP contribution is 2.28. The average molecular weight is 322 g/mol. The van der Waals surface area contributed by atoms with Crippen LogP contribution in [-0.4, -0.2) is 18.5 Å². The van der Waals surface area contributed by atoms with Crippen LogP contribution in [0.5, 0.6) is 0 Å². The third-order valence-corrected chi connectivity index (χ3v) is 4.98. The molecule has 1 amide bonds. The Hall–Kier alpha value is -2.13. The fourth-order valence-electron chi connectivity index (χ4n) is 3.64. The molecule has 1 fully saturated rings. The largest absolute Gasteiger partial charge is 0.356 e. The highest BCUT2D eigenvalue weighted by atomic mass is 16.1. The Morgan fingerprint density at radius 3 is 2.08 bits per heavy atom. The highest BCUT2D eigenvalue weighted by Gasteiger charge is 2.27. The molecule has 2 aromatic carbocycles. The molecule has 0 radical (unpaired) electrons. The van der Waals surface area contributed by atoms with E-state index in [1.165, 1.54) is 11.1 Å². The number of benzene rings is 2. The van der Waals surface area contributed by atoms with Crippen molar-refractivity contribution in [3.63, 3.8) is 0 Å². The minimum atomic E-state index is 0.104. The van der Waals surface area contributed by atoms with Crippen LogP contribution in [-0.2, 0) is 4.79 Å². The molecular formula is C21H26N2O. The zero-order valence-corrected chi connectivity index (χ0v) is 14.0. The summed E-state index contributed by atoms with van der Waals surface area (Å²) in [5, 5.41) is 3.12. The van der Waals surface area contributed by atoms with E-state index in [1.807, 2.05) is 12.1 Å². The third kappa shape index (κ3) is 4.24. The minimum absolute atomic E-state index is 0.104. The molecule has 3 heteroatoms. The molecule has 0 bridgehead atoms. The summed E-state index contributed by atoms with van der Waals surface area (Å²) in [6.07, 6.45) is 3.62. The predicted molar refractivity (Wildman–Crippen MR) is 97.7 cm³/mol. The van der Waals surface area contributed by atoms with Crippen LogP contribution >= 0.6 is 0 Å². The molecule has 0 spiro atoms. The van der Waals surface area contributed by atoms with Crippen LogP contribution in [0.1, 0.15) is 42.7 Å². The lowest BCUT2D eigenvalue weighted by atomic mass is 9.88. The molecule has 0 aromatic heterocycles. The van der Waals surface area contributed by atoms with Crippen molar-refractivity contribution in [1.29, 1.82) is 0 Å². The van der Waals surface area contributed by atoms with Crippen molar-refractivity contribution < 1.29 is 4.79 Å². The lowest BCUT2D eigenvalue weighted by Gasteiger charge is -2.19. The fraction of sp³-hybridized carbons (Fsp3) is 0.381. The molecule has 1 aliphatic rings. The van der Waals surface area contributed by atoms with E-state index in [1.54, 1.807) is 0 Å². The molecule has 1 aliphatic carbocycles. The molecule has 3 nitrogen and oxygen atoms in total. The maximum absolute atomic E-state index is 12.3. The van der Waals surface area contributed by atoms with E-state index in [0.717, 1.165) is 25.7 Å². The molecule has 2 unspecified atom stereocenters. The number of carbonyl (C=O) groups is 1. The Labute approximate surface area is 144 Å². The van der Waals surface area contributed by atoms with Crippen molar-refractivity contribution in [1.82, 2.24) is 5.32 Å². The number of nitrogens with two attached hydrogens (primary N) is 1. The second-order valence-corrected chi connectivity index (χ2v) is 6.72. The SMILES string of the molecule is NC1CCC(C(=O)NCCC(c2ccccc2)c2ccccc2)C1. The summed E-state index contributed by atoms with van der Waals surface area (Å²) in [5.74, 6) is 0.577. The molecule has 0 aliphatic heterocycles. The summed E-state index contributed by atoms with van der Waals surface area (Å²) < 4.78 is 0. The second kappa shape index (κ2) is 8.11. The molecule has 0 heterocycles. The summed E-state index contributed by atoms with van der Waals surface area (Å²) in [6, 6.07) is 21.2. The van der Waals surface area contributed by atoms with Crippen LogP contribution in [0.15, 0.2) is 60.7 Å². The Bertz CT molecular complexity index is 602. The minimum Gasteiger partial charge on any atom is -0.356 e. The van der Waals surface area contributed by atoms with Gasteiger partial charge in [-0.25, -0.2) is 0 Å². The molecular weight excluding hydrogens is 296 g/mol. The van der Waals surface area contributed by atoms with E-state index in [9.17, 15) is 4.79 Å². The topological polar surface area (TPSA) is 55.1 Å². The Morgan fingerprint density at radius 1 is 1.00 bits per heavy atom. The maximum Gasteiger partial charge on any atom is 0.223 e. The van der Waals surface area contributed by atoms with Crippen LogP contribution in [0.4, 0.5) is 0 Å². The third-order valence-electron chi connectivity index (χ3n) is 4.98. The fourth-order valence-corrected chi connectivity index (χ4v) is 3.64. The van der Waals surface area contributed by atoms with Crippen molar-refractivity contribution >= 4 is 5.91 Å². The number of rotatable bonds is 6. The van der Waals surface area contributed by atoms with Crippen molar-refractivity contribution in [2.45, 2.75) is 37.6 Å². The average Bonchev–Trinajstić information content (AvgIpc) is 3.07. The smallest absolute Gasteiger partial charge is 0.223 e. The van der Waals surface area contributed by atoms with Crippen LogP contribution < -0.4 is 11.1 Å². The van der Waals surface area contributed by atoms with Crippen molar-refractivity contribution in [3.05, 3.63) is 71.8 Å². The van der Waals surface area contributed by atoms with Gasteiger partial charge in [-0.2, -0.15) is 0 Å². The predicted octanol–water partition coefficient (Wildman–Crippen LogP) is 3.45. The van der Waals surface area contributed by atoms with Crippen LogP contribution in [0.3, 0.4) is 0 Å². The summed E-state index contributed by atoms with van der Waals surface area (Å²) >= 11 is 0. The number of amides is 1. The first-order valence-electron chi connectivity index (χ1n) is 8.87. The second-order valence-electron chi connectivity index (χ2n) is 6.72. The van der Waals surface area contributed by atoms with Crippen molar-refractivity contribution in [3.8, 4) is 0 Å². The monoisotopic (exact) mass is 322 g/mol. The first kappa shape index (κ1) is 16.7. The number of hydrogen-bond acceptors (Lipinski definition) is 2. The Kier molecular flexibility index (Phi) is 5.65. The molecule has 2 atom stereocenters. The number of nitrogens with one attached hydrogen (secondary N) is 1. The Morgan fingerprint density at radius 2 is 1.58 bits per heavy atom. The van der Waals surface area contributed by atoms with Crippen LogP contribution in [0, 0.1) is 5.92 Å². The van der Waals surface area contributed by atoms with Gasteiger partial charge in [0.25, 0.3) is 0 Å². The summed E-state index contributed by atoms with van der Waals surface area (Å²) in [5.41, 5.74) is 8.50. The molecule has 2 aromatic rings. The van der Waals surface area contributed by atoms with Gasteiger partial charge in [-0.1, -0.05) is 60.7 Å². The van der Waals surface area contributed by atoms with Crippen molar-refractivity contribution in [2.24, 2.45) is 11.7 Å². The summed E-state index contributed by atoms with van der Waals surface area (Å²) in [4.78, 5) is 12.3. The van der Waals surface area contributed by atoms with E-state index in [0.29, 0.717) is 12.5 Å². The molecule has 24 heavy (non-hydrogen) atoms. The van der Waals surface area contributed by atoms with Crippen molar-refractivity contribution in [2.75, 3.05) is 6.54 Å². The van der Waals surface area contributed by atoms with E-state index < -0.39 is 0 Å². The number of carbonyl (C=O) groups excluding carboxylic acids is 1.